The maximum atomic E-state index is 12.2. The molecule has 3 aromatic rings. The minimum atomic E-state index is -0.246. The summed E-state index contributed by atoms with van der Waals surface area (Å²) in [4.78, 5) is 27.7. The second-order valence-electron chi connectivity index (χ2n) is 7.58. The molecule has 0 saturated carbocycles. The largest absolute Gasteiger partial charge is 0.440 e. The molecule has 0 fully saturated rings. The lowest BCUT2D eigenvalue weighted by Gasteiger charge is -2.11. The Bertz CT molecular complexity index is 1040. The molecule has 0 aliphatic rings. The average Bonchev–Trinajstić information content (AvgIpc) is 3.04. The molecule has 2 aromatic carbocycles. The Balaban J connectivity index is 1.67. The van der Waals surface area contributed by atoms with Crippen LogP contribution in [0.4, 0.5) is 11.4 Å². The van der Waals surface area contributed by atoms with Crippen LogP contribution < -0.4 is 10.6 Å². The van der Waals surface area contributed by atoms with Gasteiger partial charge in [0.2, 0.25) is 17.7 Å². The topological polar surface area (TPSA) is 84.2 Å². The minimum absolute atomic E-state index is 0.124. The van der Waals surface area contributed by atoms with Gasteiger partial charge in [-0.05, 0) is 42.0 Å². The van der Waals surface area contributed by atoms with Gasteiger partial charge in [0.15, 0.2) is 5.58 Å². The molecule has 6 heteroatoms. The van der Waals surface area contributed by atoms with Crippen LogP contribution in [-0.4, -0.2) is 16.8 Å². The second kappa shape index (κ2) is 7.68. The SMILES string of the molecule is CC(=O)Nc1ccc(/C=C/C(=O)Nc2ccc3oc(C(C)(C)C)nc3c2)cc1. The van der Waals surface area contributed by atoms with E-state index in [-0.39, 0.29) is 17.2 Å². The quantitative estimate of drug-likeness (QED) is 0.644. The minimum Gasteiger partial charge on any atom is -0.440 e. The highest BCUT2D eigenvalue weighted by Gasteiger charge is 2.20. The van der Waals surface area contributed by atoms with Crippen LogP contribution in [0.15, 0.2) is 53.0 Å². The third-order valence-electron chi connectivity index (χ3n) is 3.95. The molecule has 0 saturated heterocycles. The number of oxazole rings is 1. The van der Waals surface area contributed by atoms with Crippen LogP contribution in [0, 0.1) is 0 Å². The number of rotatable bonds is 4. The van der Waals surface area contributed by atoms with Gasteiger partial charge in [0.1, 0.15) is 5.52 Å². The third-order valence-corrected chi connectivity index (χ3v) is 3.95. The summed E-state index contributed by atoms with van der Waals surface area (Å²) in [6.45, 7) is 7.56. The standard InChI is InChI=1S/C22H23N3O3/c1-14(26)23-16-8-5-15(6-9-16)7-12-20(27)24-17-10-11-19-18(13-17)25-21(28-19)22(2,3)4/h5-13H,1-4H3,(H,23,26)(H,24,27)/b12-7+. The van der Waals surface area contributed by atoms with Gasteiger partial charge in [-0.15, -0.1) is 0 Å². The van der Waals surface area contributed by atoms with E-state index in [2.05, 4.69) is 15.6 Å². The lowest BCUT2D eigenvalue weighted by atomic mass is 9.97. The summed E-state index contributed by atoms with van der Waals surface area (Å²) in [7, 11) is 0. The van der Waals surface area contributed by atoms with Crippen LogP contribution in [-0.2, 0) is 15.0 Å². The lowest BCUT2D eigenvalue weighted by Crippen LogP contribution is -2.11. The zero-order valence-corrected chi connectivity index (χ0v) is 16.4. The van der Waals surface area contributed by atoms with E-state index in [1.165, 1.54) is 13.0 Å². The molecule has 3 rings (SSSR count). The molecule has 2 N–H and O–H groups in total. The molecule has 0 atom stereocenters. The van der Waals surface area contributed by atoms with Crippen LogP contribution in [0.2, 0.25) is 0 Å². The molecule has 0 radical (unpaired) electrons. The molecular formula is C22H23N3O3. The van der Waals surface area contributed by atoms with E-state index in [1.807, 2.05) is 32.9 Å². The number of carbonyl (C=O) groups is 2. The predicted octanol–water partition coefficient (Wildman–Crippen LogP) is 4.74. The second-order valence-corrected chi connectivity index (χ2v) is 7.58. The Morgan fingerprint density at radius 3 is 2.32 bits per heavy atom. The highest BCUT2D eigenvalue weighted by molar-refractivity contribution is 6.02. The molecule has 0 spiro atoms. The molecule has 0 aliphatic carbocycles. The summed E-state index contributed by atoms with van der Waals surface area (Å²) in [6, 6.07) is 12.6. The first-order valence-electron chi connectivity index (χ1n) is 8.98. The number of fused-ring (bicyclic) bond motifs is 1. The maximum Gasteiger partial charge on any atom is 0.248 e. The Labute approximate surface area is 163 Å². The van der Waals surface area contributed by atoms with Gasteiger partial charge in [-0.1, -0.05) is 32.9 Å². The fourth-order valence-electron chi connectivity index (χ4n) is 2.56. The van der Waals surface area contributed by atoms with Crippen molar-refractivity contribution in [3.05, 3.63) is 60.0 Å². The smallest absolute Gasteiger partial charge is 0.248 e. The van der Waals surface area contributed by atoms with Crippen LogP contribution in [0.1, 0.15) is 39.1 Å². The zero-order valence-electron chi connectivity index (χ0n) is 16.4. The monoisotopic (exact) mass is 377 g/mol. The maximum absolute atomic E-state index is 12.2. The van der Waals surface area contributed by atoms with Gasteiger partial charge < -0.3 is 15.1 Å². The number of nitrogens with one attached hydrogen (secondary N) is 2. The van der Waals surface area contributed by atoms with Gasteiger partial charge in [0.25, 0.3) is 0 Å². The summed E-state index contributed by atoms with van der Waals surface area (Å²) in [5.74, 6) is 0.291. The van der Waals surface area contributed by atoms with Gasteiger partial charge in [0.05, 0.1) is 0 Å². The fraction of sp³-hybridized carbons (Fsp3) is 0.227. The van der Waals surface area contributed by atoms with Gasteiger partial charge in [-0.3, -0.25) is 9.59 Å². The fourth-order valence-corrected chi connectivity index (χ4v) is 2.56. The number of hydrogen-bond acceptors (Lipinski definition) is 4. The molecular weight excluding hydrogens is 354 g/mol. The van der Waals surface area contributed by atoms with Crippen molar-refractivity contribution in [3.8, 4) is 0 Å². The van der Waals surface area contributed by atoms with Crippen LogP contribution in [0.5, 0.6) is 0 Å². The number of hydrogen-bond donors (Lipinski definition) is 2. The molecule has 6 nitrogen and oxygen atoms in total. The predicted molar refractivity (Wildman–Crippen MR) is 111 cm³/mol. The van der Waals surface area contributed by atoms with Crippen molar-refractivity contribution in [1.82, 2.24) is 4.98 Å². The van der Waals surface area contributed by atoms with E-state index < -0.39 is 0 Å². The number of nitrogens with zero attached hydrogens (tertiary/aromatic N) is 1. The highest BCUT2D eigenvalue weighted by atomic mass is 16.3. The van der Waals surface area contributed by atoms with E-state index >= 15 is 0 Å². The normalized spacial score (nSPS) is 11.7. The number of amides is 2. The van der Waals surface area contributed by atoms with Crippen LogP contribution in [0.3, 0.4) is 0 Å². The van der Waals surface area contributed by atoms with Crippen molar-refractivity contribution < 1.29 is 14.0 Å². The molecule has 1 aromatic heterocycles. The van der Waals surface area contributed by atoms with Gasteiger partial charge in [-0.25, -0.2) is 4.98 Å². The molecule has 0 aliphatic heterocycles. The Kier molecular flexibility index (Phi) is 5.31. The summed E-state index contributed by atoms with van der Waals surface area (Å²) in [5, 5.41) is 5.52. The van der Waals surface area contributed by atoms with Crippen molar-refractivity contribution in [3.63, 3.8) is 0 Å². The molecule has 0 unspecified atom stereocenters. The molecule has 2 amide bonds. The molecule has 28 heavy (non-hydrogen) atoms. The summed E-state index contributed by atoms with van der Waals surface area (Å²) in [6.07, 6.45) is 3.17. The Morgan fingerprint density at radius 2 is 1.68 bits per heavy atom. The van der Waals surface area contributed by atoms with E-state index in [9.17, 15) is 9.59 Å². The van der Waals surface area contributed by atoms with E-state index in [1.54, 1.807) is 36.4 Å². The first kappa shape index (κ1) is 19.4. The highest BCUT2D eigenvalue weighted by Crippen LogP contribution is 2.27. The first-order chi connectivity index (χ1) is 13.2. The summed E-state index contributed by atoms with van der Waals surface area (Å²) < 4.78 is 5.77. The van der Waals surface area contributed by atoms with E-state index in [4.69, 9.17) is 4.42 Å². The van der Waals surface area contributed by atoms with Gasteiger partial charge >= 0.3 is 0 Å². The van der Waals surface area contributed by atoms with Gasteiger partial charge in [0, 0.05) is 29.8 Å². The average molecular weight is 377 g/mol. The van der Waals surface area contributed by atoms with E-state index in [0.717, 1.165) is 5.56 Å². The van der Waals surface area contributed by atoms with E-state index in [0.29, 0.717) is 28.4 Å². The lowest BCUT2D eigenvalue weighted by molar-refractivity contribution is -0.114. The van der Waals surface area contributed by atoms with Crippen molar-refractivity contribution in [2.75, 3.05) is 10.6 Å². The molecule has 144 valence electrons. The number of carbonyl (C=O) groups excluding carboxylic acids is 2. The first-order valence-corrected chi connectivity index (χ1v) is 8.98. The third kappa shape index (κ3) is 4.85. The Morgan fingerprint density at radius 1 is 1.00 bits per heavy atom. The van der Waals surface area contributed by atoms with Crippen molar-refractivity contribution >= 4 is 40.4 Å². The summed E-state index contributed by atoms with van der Waals surface area (Å²) >= 11 is 0. The van der Waals surface area contributed by atoms with Gasteiger partial charge in [-0.2, -0.15) is 0 Å². The van der Waals surface area contributed by atoms with Crippen LogP contribution in [0.25, 0.3) is 17.2 Å². The van der Waals surface area contributed by atoms with Crippen molar-refractivity contribution in [1.29, 1.82) is 0 Å². The molecule has 0 bridgehead atoms. The zero-order chi connectivity index (χ0) is 20.3. The number of benzene rings is 2. The number of aromatic nitrogens is 1. The van der Waals surface area contributed by atoms with Crippen molar-refractivity contribution in [2.24, 2.45) is 0 Å². The van der Waals surface area contributed by atoms with Crippen LogP contribution >= 0.6 is 0 Å². The Hall–Kier alpha value is -3.41. The molecule has 1 heterocycles. The number of anilines is 2. The van der Waals surface area contributed by atoms with Crippen molar-refractivity contribution in [2.45, 2.75) is 33.1 Å². The summed E-state index contributed by atoms with van der Waals surface area (Å²) in [5.41, 5.74) is 3.44.